The molecule has 0 spiro atoms. The molecule has 4 rings (SSSR count). The smallest absolute Gasteiger partial charge is 0.237 e. The number of hydrogen-bond donors (Lipinski definition) is 1. The van der Waals surface area contributed by atoms with Gasteiger partial charge in [0.2, 0.25) is 11.1 Å². The van der Waals surface area contributed by atoms with Crippen molar-refractivity contribution in [1.82, 2.24) is 20.2 Å². The summed E-state index contributed by atoms with van der Waals surface area (Å²) in [4.78, 5) is 12.7. The fourth-order valence-electron chi connectivity index (χ4n) is 2.89. The van der Waals surface area contributed by atoms with Gasteiger partial charge in [-0.2, -0.15) is 4.68 Å². The van der Waals surface area contributed by atoms with E-state index in [2.05, 4.69) is 20.8 Å². The van der Waals surface area contributed by atoms with Crippen molar-refractivity contribution in [2.45, 2.75) is 24.3 Å². The van der Waals surface area contributed by atoms with E-state index in [1.807, 2.05) is 31.2 Å². The number of tetrazole rings is 1. The highest BCUT2D eigenvalue weighted by Gasteiger charge is 2.21. The van der Waals surface area contributed by atoms with Gasteiger partial charge < -0.3 is 19.5 Å². The van der Waals surface area contributed by atoms with Gasteiger partial charge >= 0.3 is 0 Å². The van der Waals surface area contributed by atoms with E-state index in [-0.39, 0.29) is 5.91 Å². The first-order valence-corrected chi connectivity index (χ1v) is 10.4. The Hall–Kier alpha value is -3.27. The molecule has 30 heavy (non-hydrogen) atoms. The highest BCUT2D eigenvalue weighted by Crippen LogP contribution is 2.33. The molecule has 2 heterocycles. The Balaban J connectivity index is 1.47. The molecule has 0 radical (unpaired) electrons. The van der Waals surface area contributed by atoms with Gasteiger partial charge in [0.25, 0.3) is 0 Å². The van der Waals surface area contributed by atoms with Gasteiger partial charge in [-0.3, -0.25) is 4.79 Å². The lowest BCUT2D eigenvalue weighted by Crippen LogP contribution is -2.23. The van der Waals surface area contributed by atoms with Crippen molar-refractivity contribution in [2.75, 3.05) is 25.1 Å². The molecule has 0 saturated heterocycles. The quantitative estimate of drug-likeness (QED) is 0.575. The lowest BCUT2D eigenvalue weighted by Gasteiger charge is -2.19. The number of fused-ring (bicyclic) bond motifs is 1. The summed E-state index contributed by atoms with van der Waals surface area (Å²) >= 11 is 1.26. The zero-order chi connectivity index (χ0) is 20.9. The van der Waals surface area contributed by atoms with Crippen molar-refractivity contribution in [2.24, 2.45) is 0 Å². The molecule has 1 aromatic heterocycles. The second kappa shape index (κ2) is 9.04. The van der Waals surface area contributed by atoms with Gasteiger partial charge in [0, 0.05) is 11.8 Å². The molecule has 2 aromatic carbocycles. The fraction of sp³-hybridized carbons (Fsp3) is 0.300. The number of carbonyl (C=O) groups excluding carboxylic acids is 1. The number of hydrogen-bond acceptors (Lipinski definition) is 8. The van der Waals surface area contributed by atoms with Crippen LogP contribution in [0.5, 0.6) is 17.2 Å². The third-order valence-corrected chi connectivity index (χ3v) is 5.33. The van der Waals surface area contributed by atoms with Crippen molar-refractivity contribution >= 4 is 23.4 Å². The topological polar surface area (TPSA) is 100 Å². The fourth-order valence-corrected chi connectivity index (χ4v) is 3.69. The van der Waals surface area contributed by atoms with Crippen LogP contribution in [0.2, 0.25) is 0 Å². The lowest BCUT2D eigenvalue weighted by molar-refractivity contribution is -0.115. The van der Waals surface area contributed by atoms with E-state index in [0.717, 1.165) is 0 Å². The predicted octanol–water partition coefficient (Wildman–Crippen LogP) is 2.95. The predicted molar refractivity (Wildman–Crippen MR) is 112 cm³/mol. The van der Waals surface area contributed by atoms with E-state index < -0.39 is 5.25 Å². The molecule has 1 aliphatic heterocycles. The lowest BCUT2D eigenvalue weighted by atomic mass is 10.2. The number of anilines is 1. The first-order valence-electron chi connectivity index (χ1n) is 9.53. The third-order valence-electron chi connectivity index (χ3n) is 4.30. The standard InChI is InChI=1S/C20H21N5O4S/c1-3-27-16-7-5-4-6-15(16)25-20(22-23-24-25)30-13(2)19(26)21-14-8-9-17-18(12-14)29-11-10-28-17/h4-9,12-13H,3,10-11H2,1-2H3,(H,21,26)/t13-/m0/s1. The SMILES string of the molecule is CCOc1ccccc1-n1nnnc1S[C@@H](C)C(=O)Nc1ccc2c(c1)OCCO2. The maximum Gasteiger partial charge on any atom is 0.237 e. The molecule has 0 aliphatic carbocycles. The van der Waals surface area contributed by atoms with E-state index in [4.69, 9.17) is 14.2 Å². The molecule has 1 atom stereocenters. The monoisotopic (exact) mass is 427 g/mol. The van der Waals surface area contributed by atoms with E-state index in [1.54, 1.807) is 29.8 Å². The molecule has 10 heteroatoms. The van der Waals surface area contributed by atoms with Crippen molar-refractivity contribution in [3.63, 3.8) is 0 Å². The summed E-state index contributed by atoms with van der Waals surface area (Å²) in [7, 11) is 0. The van der Waals surface area contributed by atoms with Crippen LogP contribution in [0.3, 0.4) is 0 Å². The molecule has 0 unspecified atom stereocenters. The van der Waals surface area contributed by atoms with Crippen LogP contribution in [-0.4, -0.2) is 51.2 Å². The molecule has 0 fully saturated rings. The van der Waals surface area contributed by atoms with Crippen molar-refractivity contribution in [1.29, 1.82) is 0 Å². The molecule has 3 aromatic rings. The number of nitrogens with zero attached hydrogens (tertiary/aromatic N) is 4. The summed E-state index contributed by atoms with van der Waals surface area (Å²) < 4.78 is 18.3. The van der Waals surface area contributed by atoms with Crippen LogP contribution in [0.1, 0.15) is 13.8 Å². The van der Waals surface area contributed by atoms with Gasteiger partial charge in [-0.1, -0.05) is 23.9 Å². The van der Waals surface area contributed by atoms with E-state index in [0.29, 0.717) is 53.6 Å². The molecule has 156 valence electrons. The highest BCUT2D eigenvalue weighted by atomic mass is 32.2. The summed E-state index contributed by atoms with van der Waals surface area (Å²) in [6, 6.07) is 12.8. The molecule has 1 N–H and O–H groups in total. The summed E-state index contributed by atoms with van der Waals surface area (Å²) in [6.45, 7) is 5.24. The van der Waals surface area contributed by atoms with Crippen molar-refractivity contribution < 1.29 is 19.0 Å². The number of rotatable bonds is 7. The summed E-state index contributed by atoms with van der Waals surface area (Å²) in [5.74, 6) is 1.79. The number of benzene rings is 2. The van der Waals surface area contributed by atoms with Crippen LogP contribution >= 0.6 is 11.8 Å². The third kappa shape index (κ3) is 4.33. The van der Waals surface area contributed by atoms with Crippen molar-refractivity contribution in [3.05, 3.63) is 42.5 Å². The van der Waals surface area contributed by atoms with Crippen LogP contribution in [0.25, 0.3) is 5.69 Å². The zero-order valence-corrected chi connectivity index (χ0v) is 17.4. The maximum atomic E-state index is 12.7. The van der Waals surface area contributed by atoms with Gasteiger partial charge in [0.1, 0.15) is 24.7 Å². The Morgan fingerprint density at radius 1 is 1.23 bits per heavy atom. The average molecular weight is 427 g/mol. The van der Waals surface area contributed by atoms with Crippen LogP contribution in [0.4, 0.5) is 5.69 Å². The molecule has 9 nitrogen and oxygen atoms in total. The number of aromatic nitrogens is 4. The Labute approximate surface area is 177 Å². The molecule has 0 saturated carbocycles. The number of carbonyl (C=O) groups is 1. The van der Waals surface area contributed by atoms with E-state index in [1.165, 1.54) is 11.8 Å². The Kier molecular flexibility index (Phi) is 6.03. The van der Waals surface area contributed by atoms with Crippen LogP contribution in [-0.2, 0) is 4.79 Å². The Morgan fingerprint density at radius 3 is 2.87 bits per heavy atom. The minimum absolute atomic E-state index is 0.177. The maximum absolute atomic E-state index is 12.7. The Morgan fingerprint density at radius 2 is 2.03 bits per heavy atom. The summed E-state index contributed by atoms with van der Waals surface area (Å²) in [6.07, 6.45) is 0. The summed E-state index contributed by atoms with van der Waals surface area (Å²) in [5, 5.41) is 14.9. The average Bonchev–Trinajstić information content (AvgIpc) is 3.22. The first-order chi connectivity index (χ1) is 14.7. The van der Waals surface area contributed by atoms with Gasteiger partial charge in [0.05, 0.1) is 11.9 Å². The van der Waals surface area contributed by atoms with Crippen molar-refractivity contribution in [3.8, 4) is 22.9 Å². The first kappa shape index (κ1) is 20.0. The molecular formula is C20H21N5O4S. The van der Waals surface area contributed by atoms with Gasteiger partial charge in [-0.25, -0.2) is 0 Å². The van der Waals surface area contributed by atoms with Crippen LogP contribution in [0.15, 0.2) is 47.6 Å². The van der Waals surface area contributed by atoms with Crippen LogP contribution in [0, 0.1) is 0 Å². The normalized spacial score (nSPS) is 13.5. The minimum atomic E-state index is -0.442. The highest BCUT2D eigenvalue weighted by molar-refractivity contribution is 8.00. The second-order valence-corrected chi connectivity index (χ2v) is 7.69. The number of ether oxygens (including phenoxy) is 3. The van der Waals surface area contributed by atoms with Gasteiger partial charge in [-0.05, 0) is 48.5 Å². The van der Waals surface area contributed by atoms with Gasteiger partial charge in [-0.15, -0.1) is 5.10 Å². The number of thioether (sulfide) groups is 1. The minimum Gasteiger partial charge on any atom is -0.492 e. The summed E-state index contributed by atoms with van der Waals surface area (Å²) in [5.41, 5.74) is 1.35. The largest absolute Gasteiger partial charge is 0.492 e. The second-order valence-electron chi connectivity index (χ2n) is 6.38. The number of para-hydroxylation sites is 2. The number of amides is 1. The molecule has 1 amide bonds. The van der Waals surface area contributed by atoms with Crippen LogP contribution < -0.4 is 19.5 Å². The van der Waals surface area contributed by atoms with E-state index in [9.17, 15) is 4.79 Å². The van der Waals surface area contributed by atoms with E-state index >= 15 is 0 Å². The zero-order valence-electron chi connectivity index (χ0n) is 16.6. The Bertz CT molecular complexity index is 1040. The molecule has 0 bridgehead atoms. The molecule has 1 aliphatic rings. The number of nitrogens with one attached hydrogen (secondary N) is 1. The molecular weight excluding hydrogens is 406 g/mol. The van der Waals surface area contributed by atoms with Gasteiger partial charge in [0.15, 0.2) is 11.5 Å².